The van der Waals surface area contributed by atoms with Crippen LogP contribution < -0.4 is 21.1 Å². The fourth-order valence-electron chi connectivity index (χ4n) is 1.53. The maximum Gasteiger partial charge on any atom is 0.321 e. The molecule has 1 unspecified atom stereocenters. The van der Waals surface area contributed by atoms with Crippen molar-refractivity contribution in [1.29, 1.82) is 0 Å². The molecule has 0 bridgehead atoms. The summed E-state index contributed by atoms with van der Waals surface area (Å²) in [5, 5.41) is 4.67. The number of ether oxygens (including phenoxy) is 1. The molecule has 1 aromatic rings. The first-order chi connectivity index (χ1) is 9.43. The smallest absolute Gasteiger partial charge is 0.321 e. The van der Waals surface area contributed by atoms with Gasteiger partial charge in [-0.1, -0.05) is 12.1 Å². The van der Waals surface area contributed by atoms with E-state index >= 15 is 0 Å². The van der Waals surface area contributed by atoms with Crippen molar-refractivity contribution in [3.63, 3.8) is 0 Å². The van der Waals surface area contributed by atoms with E-state index in [-0.39, 0.29) is 6.04 Å². The molecule has 0 radical (unpaired) electrons. The van der Waals surface area contributed by atoms with Crippen molar-refractivity contribution in [3.8, 4) is 5.75 Å². The predicted octanol–water partition coefficient (Wildman–Crippen LogP) is 1.32. The summed E-state index contributed by atoms with van der Waals surface area (Å²) in [6, 6.07) is 6.59. The van der Waals surface area contributed by atoms with Gasteiger partial charge in [-0.2, -0.15) is 0 Å². The molecule has 6 nitrogen and oxygen atoms in total. The number of nitrogens with two attached hydrogens (primary N) is 1. The van der Waals surface area contributed by atoms with Gasteiger partial charge in [0, 0.05) is 12.6 Å². The molecule has 1 aromatic carbocycles. The van der Waals surface area contributed by atoms with Gasteiger partial charge in [0.25, 0.3) is 5.91 Å². The van der Waals surface area contributed by atoms with Gasteiger partial charge in [-0.15, -0.1) is 0 Å². The normalized spacial score (nSPS) is 13.2. The number of hydrogen-bond acceptors (Lipinski definition) is 4. The molecule has 0 saturated heterocycles. The third-order valence-corrected chi connectivity index (χ3v) is 2.66. The summed E-state index contributed by atoms with van der Waals surface area (Å²) in [4.78, 5) is 22.9. The second-order valence-electron chi connectivity index (χ2n) is 4.47. The molecule has 0 aliphatic carbocycles. The lowest BCUT2D eigenvalue weighted by Gasteiger charge is -2.15. The monoisotopic (exact) mass is 279 g/mol. The highest BCUT2D eigenvalue weighted by atomic mass is 16.5. The second-order valence-corrected chi connectivity index (χ2v) is 4.47. The first-order valence-electron chi connectivity index (χ1n) is 6.55. The molecule has 0 saturated carbocycles. The minimum atomic E-state index is -0.765. The Morgan fingerprint density at radius 1 is 1.25 bits per heavy atom. The van der Waals surface area contributed by atoms with Crippen LogP contribution >= 0.6 is 0 Å². The van der Waals surface area contributed by atoms with Gasteiger partial charge in [0.2, 0.25) is 0 Å². The lowest BCUT2D eigenvalue weighted by molar-refractivity contribution is -0.126. The fraction of sp³-hybridized carbons (Fsp3) is 0.429. The van der Waals surface area contributed by atoms with Gasteiger partial charge in [0.1, 0.15) is 5.75 Å². The average molecular weight is 279 g/mol. The molecule has 0 aliphatic heterocycles. The highest BCUT2D eigenvalue weighted by Crippen LogP contribution is 2.17. The number of benzene rings is 1. The molecule has 2 atom stereocenters. The number of hydrogen-bond donors (Lipinski definition) is 3. The Labute approximate surface area is 118 Å². The summed E-state index contributed by atoms with van der Waals surface area (Å²) in [6.07, 6.45) is -0.765. The molecule has 1 rings (SSSR count). The zero-order valence-electron chi connectivity index (χ0n) is 12.0. The van der Waals surface area contributed by atoms with Crippen LogP contribution in [-0.4, -0.2) is 24.6 Å². The summed E-state index contributed by atoms with van der Waals surface area (Å²) in [7, 11) is 0. The molecule has 6 heteroatoms. The number of nitrogens with one attached hydrogen (secondary N) is 2. The van der Waals surface area contributed by atoms with Gasteiger partial charge in [-0.3, -0.25) is 10.1 Å². The first-order valence-corrected chi connectivity index (χ1v) is 6.55. The summed E-state index contributed by atoms with van der Waals surface area (Å²) in [5.74, 6) is 0.0557. The number of carbonyl (C=O) groups is 2. The Morgan fingerprint density at radius 3 is 2.35 bits per heavy atom. The number of imide groups is 1. The predicted molar refractivity (Wildman–Crippen MR) is 76.3 cm³/mol. The summed E-state index contributed by atoms with van der Waals surface area (Å²) in [5.41, 5.74) is 6.73. The van der Waals surface area contributed by atoms with Crippen LogP contribution in [0.5, 0.6) is 5.75 Å². The van der Waals surface area contributed by atoms with E-state index < -0.39 is 18.0 Å². The average Bonchev–Trinajstić information content (AvgIpc) is 2.39. The third-order valence-electron chi connectivity index (χ3n) is 2.66. The summed E-state index contributed by atoms with van der Waals surface area (Å²) in [6.45, 7) is 5.68. The van der Waals surface area contributed by atoms with Crippen LogP contribution in [0.25, 0.3) is 0 Å². The SMILES string of the molecule is CCNC(=O)NC(=O)C(C)Oc1ccc([C@@H](C)N)cc1. The second kappa shape index (κ2) is 7.49. The minimum absolute atomic E-state index is 0.0532. The largest absolute Gasteiger partial charge is 0.481 e. The Hall–Kier alpha value is -2.08. The van der Waals surface area contributed by atoms with E-state index in [0.717, 1.165) is 5.56 Å². The van der Waals surface area contributed by atoms with Crippen molar-refractivity contribution in [1.82, 2.24) is 10.6 Å². The van der Waals surface area contributed by atoms with E-state index in [2.05, 4.69) is 10.6 Å². The maximum absolute atomic E-state index is 11.7. The molecule has 110 valence electrons. The van der Waals surface area contributed by atoms with Crippen molar-refractivity contribution in [2.45, 2.75) is 32.9 Å². The van der Waals surface area contributed by atoms with Crippen molar-refractivity contribution >= 4 is 11.9 Å². The van der Waals surface area contributed by atoms with Crippen LogP contribution in [0.2, 0.25) is 0 Å². The Bertz CT molecular complexity index is 457. The van der Waals surface area contributed by atoms with Gasteiger partial charge in [-0.25, -0.2) is 4.79 Å². The molecule has 0 fully saturated rings. The topological polar surface area (TPSA) is 93.5 Å². The maximum atomic E-state index is 11.7. The van der Waals surface area contributed by atoms with Crippen LogP contribution in [0.4, 0.5) is 4.79 Å². The van der Waals surface area contributed by atoms with E-state index in [1.165, 1.54) is 0 Å². The molecular weight excluding hydrogens is 258 g/mol. The number of amides is 3. The third kappa shape index (κ3) is 4.89. The molecule has 0 aliphatic rings. The number of urea groups is 1. The van der Waals surface area contributed by atoms with Crippen LogP contribution in [0.3, 0.4) is 0 Å². The minimum Gasteiger partial charge on any atom is -0.481 e. The molecule has 0 heterocycles. The lowest BCUT2D eigenvalue weighted by Crippen LogP contribution is -2.45. The Kier molecular flexibility index (Phi) is 5.99. The fourth-order valence-corrected chi connectivity index (χ4v) is 1.53. The number of rotatable bonds is 5. The quantitative estimate of drug-likeness (QED) is 0.757. The summed E-state index contributed by atoms with van der Waals surface area (Å²) >= 11 is 0. The van der Waals surface area contributed by atoms with E-state index in [0.29, 0.717) is 12.3 Å². The van der Waals surface area contributed by atoms with Gasteiger partial charge in [0.05, 0.1) is 0 Å². The van der Waals surface area contributed by atoms with Crippen LogP contribution in [0, 0.1) is 0 Å². The molecule has 20 heavy (non-hydrogen) atoms. The van der Waals surface area contributed by atoms with Gasteiger partial charge in [0.15, 0.2) is 6.10 Å². The van der Waals surface area contributed by atoms with Gasteiger partial charge >= 0.3 is 6.03 Å². The van der Waals surface area contributed by atoms with E-state index in [4.69, 9.17) is 10.5 Å². The molecule has 4 N–H and O–H groups in total. The van der Waals surface area contributed by atoms with Crippen molar-refractivity contribution < 1.29 is 14.3 Å². The zero-order valence-corrected chi connectivity index (χ0v) is 12.0. The Morgan fingerprint density at radius 2 is 1.85 bits per heavy atom. The van der Waals surface area contributed by atoms with Crippen LogP contribution in [-0.2, 0) is 4.79 Å². The molecule has 0 aromatic heterocycles. The van der Waals surface area contributed by atoms with Crippen molar-refractivity contribution in [2.24, 2.45) is 5.73 Å². The number of carbonyl (C=O) groups excluding carboxylic acids is 2. The molecule has 0 spiro atoms. The zero-order chi connectivity index (χ0) is 15.1. The first kappa shape index (κ1) is 16.0. The van der Waals surface area contributed by atoms with Crippen LogP contribution in [0.1, 0.15) is 32.4 Å². The van der Waals surface area contributed by atoms with E-state index in [9.17, 15) is 9.59 Å². The van der Waals surface area contributed by atoms with Crippen LogP contribution in [0.15, 0.2) is 24.3 Å². The van der Waals surface area contributed by atoms with E-state index in [1.807, 2.05) is 19.1 Å². The Balaban J connectivity index is 2.54. The molecule has 3 amide bonds. The lowest BCUT2D eigenvalue weighted by atomic mass is 10.1. The highest BCUT2D eigenvalue weighted by molar-refractivity contribution is 5.96. The van der Waals surface area contributed by atoms with Crippen molar-refractivity contribution in [2.75, 3.05) is 6.54 Å². The highest BCUT2D eigenvalue weighted by Gasteiger charge is 2.17. The van der Waals surface area contributed by atoms with Crippen molar-refractivity contribution in [3.05, 3.63) is 29.8 Å². The van der Waals surface area contributed by atoms with Gasteiger partial charge in [-0.05, 0) is 38.5 Å². The standard InChI is InChI=1S/C14H21N3O3/c1-4-16-14(19)17-13(18)10(3)20-12-7-5-11(6-8-12)9(2)15/h5-10H,4,15H2,1-3H3,(H2,16,17,18,19)/t9-,10?/m1/s1. The molecular formula is C14H21N3O3. The van der Waals surface area contributed by atoms with E-state index in [1.54, 1.807) is 26.0 Å². The summed E-state index contributed by atoms with van der Waals surface area (Å²) < 4.78 is 5.46. The van der Waals surface area contributed by atoms with Gasteiger partial charge < -0.3 is 15.8 Å².